The van der Waals surface area contributed by atoms with Crippen molar-refractivity contribution in [1.82, 2.24) is 30.4 Å². The first kappa shape index (κ1) is 12.2. The Morgan fingerprint density at radius 1 is 1.16 bits per heavy atom. The molecule has 1 aliphatic heterocycles. The lowest BCUT2D eigenvalue weighted by molar-refractivity contribution is 0.226. The van der Waals surface area contributed by atoms with Crippen LogP contribution in [0.1, 0.15) is 5.82 Å². The van der Waals surface area contributed by atoms with E-state index in [1.807, 2.05) is 0 Å². The van der Waals surface area contributed by atoms with Gasteiger partial charge in [0.1, 0.15) is 5.82 Å². The molecule has 1 N–H and O–H groups in total. The van der Waals surface area contributed by atoms with Crippen LogP contribution >= 0.6 is 0 Å². The van der Waals surface area contributed by atoms with Crippen LogP contribution in [-0.2, 0) is 6.54 Å². The van der Waals surface area contributed by atoms with E-state index in [1.54, 1.807) is 16.8 Å². The second-order valence-corrected chi connectivity index (χ2v) is 4.51. The quantitative estimate of drug-likeness (QED) is 0.856. The van der Waals surface area contributed by atoms with Gasteiger partial charge in [-0.2, -0.15) is 4.68 Å². The maximum absolute atomic E-state index is 12.9. The van der Waals surface area contributed by atoms with Crippen LogP contribution in [0.3, 0.4) is 0 Å². The van der Waals surface area contributed by atoms with Crippen molar-refractivity contribution in [2.24, 2.45) is 0 Å². The van der Waals surface area contributed by atoms with Gasteiger partial charge in [0, 0.05) is 26.2 Å². The van der Waals surface area contributed by atoms with Gasteiger partial charge in [0.2, 0.25) is 0 Å². The Hall–Kier alpha value is -1.86. The van der Waals surface area contributed by atoms with E-state index in [2.05, 4.69) is 25.7 Å². The predicted octanol–water partition coefficient (Wildman–Crippen LogP) is 0.207. The highest BCUT2D eigenvalue weighted by molar-refractivity contribution is 5.31. The van der Waals surface area contributed by atoms with Crippen molar-refractivity contribution in [1.29, 1.82) is 0 Å². The number of benzene rings is 1. The molecule has 0 amide bonds. The molecular formula is C12H15FN6. The molecule has 0 saturated carbocycles. The van der Waals surface area contributed by atoms with Crippen LogP contribution in [0.2, 0.25) is 0 Å². The highest BCUT2D eigenvalue weighted by Crippen LogP contribution is 2.10. The zero-order chi connectivity index (χ0) is 13.1. The van der Waals surface area contributed by atoms with Gasteiger partial charge < -0.3 is 5.32 Å². The first-order chi connectivity index (χ1) is 9.33. The van der Waals surface area contributed by atoms with Gasteiger partial charge in [0.15, 0.2) is 5.82 Å². The number of rotatable bonds is 3. The Labute approximate surface area is 110 Å². The van der Waals surface area contributed by atoms with Crippen molar-refractivity contribution in [3.05, 3.63) is 35.9 Å². The van der Waals surface area contributed by atoms with E-state index in [0.29, 0.717) is 6.54 Å². The van der Waals surface area contributed by atoms with Crippen LogP contribution in [0.4, 0.5) is 4.39 Å². The third kappa shape index (κ3) is 2.77. The minimum absolute atomic E-state index is 0.263. The zero-order valence-electron chi connectivity index (χ0n) is 10.5. The molecule has 0 radical (unpaired) electrons. The summed E-state index contributed by atoms with van der Waals surface area (Å²) in [6.07, 6.45) is 0. The maximum atomic E-state index is 12.9. The molecule has 1 aromatic carbocycles. The molecule has 100 valence electrons. The third-order valence-electron chi connectivity index (χ3n) is 3.18. The number of halogens is 1. The molecule has 2 aromatic rings. The molecule has 1 saturated heterocycles. The summed E-state index contributed by atoms with van der Waals surface area (Å²) in [4.78, 5) is 2.29. The molecule has 1 aromatic heterocycles. The van der Waals surface area contributed by atoms with Gasteiger partial charge in [-0.3, -0.25) is 4.90 Å². The fourth-order valence-corrected chi connectivity index (χ4v) is 2.16. The summed E-state index contributed by atoms with van der Waals surface area (Å²) in [5.74, 6) is 0.508. The summed E-state index contributed by atoms with van der Waals surface area (Å²) in [5.41, 5.74) is 0.775. The van der Waals surface area contributed by atoms with E-state index < -0.39 is 0 Å². The average molecular weight is 262 g/mol. The van der Waals surface area contributed by atoms with Crippen LogP contribution in [0.25, 0.3) is 5.69 Å². The van der Waals surface area contributed by atoms with Gasteiger partial charge in [0.05, 0.1) is 12.2 Å². The fraction of sp³-hybridized carbons (Fsp3) is 0.417. The Bertz CT molecular complexity index is 531. The Kier molecular flexibility index (Phi) is 3.47. The van der Waals surface area contributed by atoms with Gasteiger partial charge in [-0.25, -0.2) is 4.39 Å². The lowest BCUT2D eigenvalue weighted by Gasteiger charge is -2.26. The summed E-state index contributed by atoms with van der Waals surface area (Å²) < 4.78 is 14.6. The number of hydrogen-bond acceptors (Lipinski definition) is 5. The molecule has 0 unspecified atom stereocenters. The smallest absolute Gasteiger partial charge is 0.170 e. The van der Waals surface area contributed by atoms with Crippen molar-refractivity contribution < 1.29 is 4.39 Å². The monoisotopic (exact) mass is 262 g/mol. The number of tetrazole rings is 1. The highest BCUT2D eigenvalue weighted by atomic mass is 19.1. The van der Waals surface area contributed by atoms with Gasteiger partial charge in [-0.15, -0.1) is 5.10 Å². The van der Waals surface area contributed by atoms with E-state index in [-0.39, 0.29) is 5.82 Å². The SMILES string of the molecule is Fc1ccc(-n2nnnc2CN2CCNCC2)cc1. The van der Waals surface area contributed by atoms with Gasteiger partial charge in [-0.05, 0) is 34.7 Å². The molecule has 19 heavy (non-hydrogen) atoms. The predicted molar refractivity (Wildman–Crippen MR) is 67.3 cm³/mol. The lowest BCUT2D eigenvalue weighted by atomic mass is 10.3. The van der Waals surface area contributed by atoms with Crippen molar-refractivity contribution in [2.75, 3.05) is 26.2 Å². The van der Waals surface area contributed by atoms with Crippen LogP contribution in [0.5, 0.6) is 0 Å². The molecule has 0 spiro atoms. The molecule has 7 heteroatoms. The van der Waals surface area contributed by atoms with Crippen LogP contribution in [0, 0.1) is 5.82 Å². The number of hydrogen-bond donors (Lipinski definition) is 1. The number of nitrogens with one attached hydrogen (secondary N) is 1. The molecular weight excluding hydrogens is 247 g/mol. The second kappa shape index (κ2) is 5.41. The number of piperazine rings is 1. The second-order valence-electron chi connectivity index (χ2n) is 4.51. The van der Waals surface area contributed by atoms with E-state index >= 15 is 0 Å². The van der Waals surface area contributed by atoms with Crippen molar-refractivity contribution >= 4 is 0 Å². The summed E-state index contributed by atoms with van der Waals surface area (Å²) >= 11 is 0. The Morgan fingerprint density at radius 2 is 1.89 bits per heavy atom. The molecule has 0 bridgehead atoms. The zero-order valence-corrected chi connectivity index (χ0v) is 10.5. The van der Waals surface area contributed by atoms with Crippen molar-refractivity contribution in [2.45, 2.75) is 6.54 Å². The topological polar surface area (TPSA) is 58.9 Å². The summed E-state index contributed by atoms with van der Waals surface area (Å²) in [5, 5.41) is 15.0. The van der Waals surface area contributed by atoms with Crippen molar-refractivity contribution in [3.63, 3.8) is 0 Å². The molecule has 0 aliphatic carbocycles. The highest BCUT2D eigenvalue weighted by Gasteiger charge is 2.15. The Morgan fingerprint density at radius 3 is 2.63 bits per heavy atom. The standard InChI is InChI=1S/C12H15FN6/c13-10-1-3-11(4-2-10)19-12(15-16-17-19)9-18-7-5-14-6-8-18/h1-4,14H,5-9H2. The molecule has 1 fully saturated rings. The molecule has 0 atom stereocenters. The summed E-state index contributed by atoms with van der Waals surface area (Å²) in [6.45, 7) is 4.63. The van der Waals surface area contributed by atoms with E-state index in [0.717, 1.165) is 37.7 Å². The van der Waals surface area contributed by atoms with E-state index in [9.17, 15) is 4.39 Å². The molecule has 6 nitrogen and oxygen atoms in total. The number of nitrogens with zero attached hydrogens (tertiary/aromatic N) is 5. The van der Waals surface area contributed by atoms with Crippen molar-refractivity contribution in [3.8, 4) is 5.69 Å². The molecule has 2 heterocycles. The van der Waals surface area contributed by atoms with E-state index in [1.165, 1.54) is 12.1 Å². The van der Waals surface area contributed by atoms with E-state index in [4.69, 9.17) is 0 Å². The Balaban J connectivity index is 1.79. The largest absolute Gasteiger partial charge is 0.314 e. The minimum Gasteiger partial charge on any atom is -0.314 e. The fourth-order valence-electron chi connectivity index (χ4n) is 2.16. The number of aromatic nitrogens is 4. The summed E-state index contributed by atoms with van der Waals surface area (Å²) in [6, 6.07) is 6.16. The minimum atomic E-state index is -0.263. The normalized spacial score (nSPS) is 16.7. The van der Waals surface area contributed by atoms with Gasteiger partial charge >= 0.3 is 0 Å². The van der Waals surface area contributed by atoms with Crippen LogP contribution < -0.4 is 5.32 Å². The lowest BCUT2D eigenvalue weighted by Crippen LogP contribution is -2.43. The van der Waals surface area contributed by atoms with Gasteiger partial charge in [-0.1, -0.05) is 0 Å². The van der Waals surface area contributed by atoms with Crippen LogP contribution in [-0.4, -0.2) is 51.3 Å². The third-order valence-corrected chi connectivity index (χ3v) is 3.18. The average Bonchev–Trinajstić information content (AvgIpc) is 2.89. The van der Waals surface area contributed by atoms with Gasteiger partial charge in [0.25, 0.3) is 0 Å². The molecule has 1 aliphatic rings. The first-order valence-corrected chi connectivity index (χ1v) is 6.29. The summed E-state index contributed by atoms with van der Waals surface area (Å²) in [7, 11) is 0. The maximum Gasteiger partial charge on any atom is 0.170 e. The molecule has 3 rings (SSSR count). The first-order valence-electron chi connectivity index (χ1n) is 6.29. The van der Waals surface area contributed by atoms with Crippen LogP contribution in [0.15, 0.2) is 24.3 Å².